The number of phenolic OH excluding ortho intramolecular Hbond substituents is 1. The first-order chi connectivity index (χ1) is 8.43. The molecule has 0 aliphatic heterocycles. The highest BCUT2D eigenvalue weighted by Crippen LogP contribution is 2.20. The third-order valence-electron chi connectivity index (χ3n) is 2.14. The molecule has 6 heteroatoms. The smallest absolute Gasteiger partial charge is 0.244 e. The van der Waals surface area contributed by atoms with Crippen LogP contribution in [0.5, 0.6) is 5.75 Å². The molecule has 0 amide bonds. The second-order valence-corrected chi connectivity index (χ2v) is 6.07. The second-order valence-electron chi connectivity index (χ2n) is 4.33. The van der Waals surface area contributed by atoms with Crippen LogP contribution >= 0.6 is 0 Å². The molecule has 0 bridgehead atoms. The molecule has 0 atom stereocenters. The van der Waals surface area contributed by atoms with E-state index in [2.05, 4.69) is 4.72 Å². The van der Waals surface area contributed by atoms with Crippen molar-refractivity contribution in [2.75, 3.05) is 19.8 Å². The summed E-state index contributed by atoms with van der Waals surface area (Å²) in [5.74, 6) is 0.160. The summed E-state index contributed by atoms with van der Waals surface area (Å²) >= 11 is 0. The highest BCUT2D eigenvalue weighted by molar-refractivity contribution is 7.89. The summed E-state index contributed by atoms with van der Waals surface area (Å²) in [5, 5.41) is 9.47. The molecular weight excluding hydrogens is 254 g/mol. The Morgan fingerprint density at radius 3 is 2.61 bits per heavy atom. The van der Waals surface area contributed by atoms with E-state index in [1.54, 1.807) is 12.1 Å². The van der Waals surface area contributed by atoms with Crippen LogP contribution in [0, 0.1) is 5.92 Å². The van der Waals surface area contributed by atoms with Crippen LogP contribution in [-0.4, -0.2) is 33.3 Å². The number of aromatic hydroxyl groups is 1. The minimum atomic E-state index is -3.67. The van der Waals surface area contributed by atoms with Gasteiger partial charge in [0.05, 0.1) is 6.61 Å². The fourth-order valence-corrected chi connectivity index (χ4v) is 2.44. The molecule has 0 spiro atoms. The molecule has 0 aromatic heterocycles. The summed E-state index contributed by atoms with van der Waals surface area (Å²) in [7, 11) is -3.67. The van der Waals surface area contributed by atoms with Crippen molar-refractivity contribution >= 4 is 10.0 Å². The lowest BCUT2D eigenvalue weighted by atomic mass is 10.2. The molecule has 0 saturated carbocycles. The number of nitrogens with one attached hydrogen (secondary N) is 1. The van der Waals surface area contributed by atoms with Gasteiger partial charge in [-0.2, -0.15) is 0 Å². The van der Waals surface area contributed by atoms with Crippen molar-refractivity contribution in [3.8, 4) is 5.75 Å². The molecule has 18 heavy (non-hydrogen) atoms. The molecule has 1 aromatic rings. The van der Waals surface area contributed by atoms with E-state index in [1.165, 1.54) is 12.1 Å². The van der Waals surface area contributed by atoms with Crippen molar-refractivity contribution < 1.29 is 18.3 Å². The van der Waals surface area contributed by atoms with Crippen LogP contribution in [0.25, 0.3) is 0 Å². The SMILES string of the molecule is CC(C)COCCNS(=O)(=O)c1ccccc1O. The van der Waals surface area contributed by atoms with Crippen LogP contribution in [0.1, 0.15) is 13.8 Å². The molecule has 1 aromatic carbocycles. The van der Waals surface area contributed by atoms with E-state index in [9.17, 15) is 13.5 Å². The highest BCUT2D eigenvalue weighted by atomic mass is 32.2. The molecule has 5 nitrogen and oxygen atoms in total. The maximum atomic E-state index is 11.8. The Bertz CT molecular complexity index is 471. The van der Waals surface area contributed by atoms with Gasteiger partial charge < -0.3 is 9.84 Å². The third kappa shape index (κ3) is 4.64. The number of hydrogen-bond donors (Lipinski definition) is 2. The van der Waals surface area contributed by atoms with Gasteiger partial charge in [-0.15, -0.1) is 0 Å². The first-order valence-electron chi connectivity index (χ1n) is 5.79. The molecule has 0 unspecified atom stereocenters. The van der Waals surface area contributed by atoms with Gasteiger partial charge in [-0.05, 0) is 18.1 Å². The van der Waals surface area contributed by atoms with Crippen LogP contribution in [0.4, 0.5) is 0 Å². The van der Waals surface area contributed by atoms with Crippen LogP contribution in [0.3, 0.4) is 0 Å². The van der Waals surface area contributed by atoms with E-state index >= 15 is 0 Å². The molecule has 0 fully saturated rings. The van der Waals surface area contributed by atoms with Gasteiger partial charge in [-0.1, -0.05) is 26.0 Å². The molecule has 0 saturated heterocycles. The molecule has 0 heterocycles. The minimum Gasteiger partial charge on any atom is -0.507 e. The quantitative estimate of drug-likeness (QED) is 0.735. The van der Waals surface area contributed by atoms with E-state index in [0.29, 0.717) is 19.1 Å². The first-order valence-corrected chi connectivity index (χ1v) is 7.27. The largest absolute Gasteiger partial charge is 0.507 e. The molecule has 102 valence electrons. The Hall–Kier alpha value is -1.11. The fourth-order valence-electron chi connectivity index (χ4n) is 1.33. The minimum absolute atomic E-state index is 0.117. The van der Waals surface area contributed by atoms with Gasteiger partial charge in [-0.25, -0.2) is 13.1 Å². The Morgan fingerprint density at radius 1 is 1.33 bits per heavy atom. The molecule has 1 rings (SSSR count). The number of ether oxygens (including phenoxy) is 1. The molecule has 0 radical (unpaired) electrons. The highest BCUT2D eigenvalue weighted by Gasteiger charge is 2.16. The maximum Gasteiger partial charge on any atom is 0.244 e. The number of hydrogen-bond acceptors (Lipinski definition) is 4. The Balaban J connectivity index is 2.49. The van der Waals surface area contributed by atoms with Gasteiger partial charge >= 0.3 is 0 Å². The zero-order chi connectivity index (χ0) is 13.6. The van der Waals surface area contributed by atoms with Gasteiger partial charge in [0.25, 0.3) is 0 Å². The average Bonchev–Trinajstić information content (AvgIpc) is 2.28. The monoisotopic (exact) mass is 273 g/mol. The predicted molar refractivity (Wildman–Crippen MR) is 69.0 cm³/mol. The molecule has 0 aliphatic carbocycles. The van der Waals surface area contributed by atoms with Crippen LogP contribution in [0.2, 0.25) is 0 Å². The van der Waals surface area contributed by atoms with E-state index in [4.69, 9.17) is 4.74 Å². The summed E-state index contributed by atoms with van der Waals surface area (Å²) in [6, 6.07) is 5.82. The van der Waals surface area contributed by atoms with Crippen molar-refractivity contribution in [1.82, 2.24) is 4.72 Å². The number of sulfonamides is 1. The van der Waals surface area contributed by atoms with E-state index in [1.807, 2.05) is 13.8 Å². The number of phenols is 1. The van der Waals surface area contributed by atoms with Crippen LogP contribution in [0.15, 0.2) is 29.2 Å². The van der Waals surface area contributed by atoms with Gasteiger partial charge in [0, 0.05) is 13.2 Å². The number of rotatable bonds is 7. The lowest BCUT2D eigenvalue weighted by Gasteiger charge is -2.09. The summed E-state index contributed by atoms with van der Waals surface area (Å²) < 4.78 is 31.3. The first kappa shape index (κ1) is 14.9. The Kier molecular flexibility index (Phi) is 5.58. The summed E-state index contributed by atoms with van der Waals surface area (Å²) in [6.45, 7) is 5.13. The standard InChI is InChI=1S/C12H19NO4S/c1-10(2)9-17-8-7-13-18(15,16)12-6-4-3-5-11(12)14/h3-6,10,13-14H,7-9H2,1-2H3. The van der Waals surface area contributed by atoms with Gasteiger partial charge in [0.15, 0.2) is 0 Å². The second kappa shape index (κ2) is 6.72. The molecule has 2 N–H and O–H groups in total. The van der Waals surface area contributed by atoms with Crippen molar-refractivity contribution in [1.29, 1.82) is 0 Å². The van der Waals surface area contributed by atoms with Gasteiger partial charge in [-0.3, -0.25) is 0 Å². The predicted octanol–water partition coefficient (Wildman–Crippen LogP) is 1.34. The van der Waals surface area contributed by atoms with Crippen molar-refractivity contribution in [3.05, 3.63) is 24.3 Å². The van der Waals surface area contributed by atoms with E-state index < -0.39 is 10.0 Å². The topological polar surface area (TPSA) is 75.6 Å². The van der Waals surface area contributed by atoms with Crippen molar-refractivity contribution in [2.24, 2.45) is 5.92 Å². The van der Waals surface area contributed by atoms with Crippen molar-refractivity contribution in [3.63, 3.8) is 0 Å². The Labute approximate surface area is 108 Å². The van der Waals surface area contributed by atoms with Crippen LogP contribution in [-0.2, 0) is 14.8 Å². The van der Waals surface area contributed by atoms with Gasteiger partial charge in [0.2, 0.25) is 10.0 Å². The maximum absolute atomic E-state index is 11.8. The van der Waals surface area contributed by atoms with E-state index in [-0.39, 0.29) is 17.2 Å². The lowest BCUT2D eigenvalue weighted by molar-refractivity contribution is 0.114. The third-order valence-corrected chi connectivity index (χ3v) is 3.65. The molecular formula is C12H19NO4S. The van der Waals surface area contributed by atoms with Crippen molar-refractivity contribution in [2.45, 2.75) is 18.7 Å². The van der Waals surface area contributed by atoms with Crippen LogP contribution < -0.4 is 4.72 Å². The zero-order valence-electron chi connectivity index (χ0n) is 10.6. The molecule has 0 aliphatic rings. The fraction of sp³-hybridized carbons (Fsp3) is 0.500. The normalized spacial score (nSPS) is 11.9. The Morgan fingerprint density at radius 2 is 2.00 bits per heavy atom. The summed E-state index contributed by atoms with van der Waals surface area (Å²) in [6.07, 6.45) is 0. The van der Waals surface area contributed by atoms with E-state index in [0.717, 1.165) is 0 Å². The number of para-hydroxylation sites is 1. The number of benzene rings is 1. The lowest BCUT2D eigenvalue weighted by Crippen LogP contribution is -2.27. The van der Waals surface area contributed by atoms with Gasteiger partial charge in [0.1, 0.15) is 10.6 Å². The summed E-state index contributed by atoms with van der Waals surface area (Å²) in [5.41, 5.74) is 0. The zero-order valence-corrected chi connectivity index (χ0v) is 11.4. The summed E-state index contributed by atoms with van der Waals surface area (Å²) in [4.78, 5) is -0.117. The average molecular weight is 273 g/mol.